The van der Waals surface area contributed by atoms with Gasteiger partial charge in [0.05, 0.1) is 0 Å². The van der Waals surface area contributed by atoms with E-state index in [1.807, 2.05) is 0 Å². The van der Waals surface area contributed by atoms with Crippen molar-refractivity contribution in [3.05, 3.63) is 28.8 Å². The number of carboxylic acid groups (broad SMARTS) is 1. The first-order chi connectivity index (χ1) is 8.70. The Morgan fingerprint density at radius 1 is 1.33 bits per heavy atom. The summed E-state index contributed by atoms with van der Waals surface area (Å²) in [5.74, 6) is -0.810. The molecule has 1 aromatic rings. The van der Waals surface area contributed by atoms with Gasteiger partial charge in [-0.1, -0.05) is 12.1 Å². The number of aliphatic carboxylic acids is 1. The summed E-state index contributed by atoms with van der Waals surface area (Å²) in [6.07, 6.45) is 3.29. The van der Waals surface area contributed by atoms with Crippen molar-refractivity contribution in [1.29, 1.82) is 0 Å². The molecule has 1 aromatic carbocycles. The van der Waals surface area contributed by atoms with E-state index in [0.29, 0.717) is 0 Å². The second-order valence-corrected chi connectivity index (χ2v) is 5.09. The fraction of sp³-hybridized carbons (Fsp3) is 0.500. The van der Waals surface area contributed by atoms with Crippen LogP contribution in [0.15, 0.2) is 12.1 Å². The van der Waals surface area contributed by atoms with Gasteiger partial charge in [0, 0.05) is 18.8 Å². The summed E-state index contributed by atoms with van der Waals surface area (Å²) in [7, 11) is 1.70. The van der Waals surface area contributed by atoms with Crippen LogP contribution >= 0.6 is 0 Å². The second-order valence-electron chi connectivity index (χ2n) is 5.09. The first kappa shape index (κ1) is 11.5. The largest absolute Gasteiger partial charge is 0.480 e. The van der Waals surface area contributed by atoms with Gasteiger partial charge < -0.3 is 15.3 Å². The van der Waals surface area contributed by atoms with Gasteiger partial charge in [-0.2, -0.15) is 0 Å². The zero-order chi connectivity index (χ0) is 12.7. The van der Waals surface area contributed by atoms with Gasteiger partial charge in [-0.05, 0) is 43.0 Å². The molecular formula is C14H18N2O2. The Labute approximate surface area is 107 Å². The van der Waals surface area contributed by atoms with Crippen LogP contribution < -0.4 is 10.2 Å². The third-order valence-electron chi connectivity index (χ3n) is 4.00. The molecule has 2 aliphatic rings. The minimum absolute atomic E-state index is 0.595. The molecule has 0 amide bonds. The van der Waals surface area contributed by atoms with Gasteiger partial charge in [0.25, 0.3) is 0 Å². The van der Waals surface area contributed by atoms with E-state index in [9.17, 15) is 9.90 Å². The van der Waals surface area contributed by atoms with Gasteiger partial charge in [0.1, 0.15) is 6.04 Å². The molecule has 0 radical (unpaired) electrons. The predicted molar refractivity (Wildman–Crippen MR) is 70.1 cm³/mol. The first-order valence-corrected chi connectivity index (χ1v) is 6.51. The Kier molecular flexibility index (Phi) is 2.74. The third kappa shape index (κ3) is 1.68. The lowest BCUT2D eigenvalue weighted by molar-refractivity contribution is -0.139. The van der Waals surface area contributed by atoms with E-state index in [2.05, 4.69) is 22.3 Å². The van der Waals surface area contributed by atoms with Crippen molar-refractivity contribution in [3.8, 4) is 0 Å². The number of aryl methyl sites for hydroxylation is 1. The zero-order valence-corrected chi connectivity index (χ0v) is 10.6. The minimum atomic E-state index is -0.810. The highest BCUT2D eigenvalue weighted by molar-refractivity contribution is 5.77. The van der Waals surface area contributed by atoms with Crippen LogP contribution in [0.1, 0.15) is 29.2 Å². The lowest BCUT2D eigenvalue weighted by atomic mass is 9.94. The van der Waals surface area contributed by atoms with E-state index >= 15 is 0 Å². The average molecular weight is 246 g/mol. The SMILES string of the molecule is CNC(C(=O)O)c1cc2c3c(c1)CCN3CCC2. The minimum Gasteiger partial charge on any atom is -0.480 e. The summed E-state index contributed by atoms with van der Waals surface area (Å²) in [4.78, 5) is 13.7. The third-order valence-corrected chi connectivity index (χ3v) is 4.00. The van der Waals surface area contributed by atoms with E-state index in [1.165, 1.54) is 23.2 Å². The molecular weight excluding hydrogens is 228 g/mol. The molecule has 1 unspecified atom stereocenters. The quantitative estimate of drug-likeness (QED) is 0.845. The number of hydrogen-bond donors (Lipinski definition) is 2. The van der Waals surface area contributed by atoms with Gasteiger partial charge in [-0.3, -0.25) is 4.79 Å². The van der Waals surface area contributed by atoms with E-state index in [4.69, 9.17) is 0 Å². The molecule has 3 rings (SSSR count). The summed E-state index contributed by atoms with van der Waals surface area (Å²) in [6.45, 7) is 2.23. The number of anilines is 1. The van der Waals surface area contributed by atoms with E-state index in [-0.39, 0.29) is 0 Å². The highest BCUT2D eigenvalue weighted by Gasteiger charge is 2.28. The average Bonchev–Trinajstić information content (AvgIpc) is 2.75. The summed E-state index contributed by atoms with van der Waals surface area (Å²) in [5, 5.41) is 12.1. The number of nitrogens with one attached hydrogen (secondary N) is 1. The Morgan fingerprint density at radius 3 is 2.72 bits per heavy atom. The fourth-order valence-corrected chi connectivity index (χ4v) is 3.22. The Bertz CT molecular complexity index is 499. The smallest absolute Gasteiger partial charge is 0.325 e. The van der Waals surface area contributed by atoms with Crippen LogP contribution in [0, 0.1) is 0 Å². The number of carboxylic acids is 1. The standard InChI is InChI=1S/C14H18N2O2/c1-15-12(14(17)18)11-7-9-3-2-5-16-6-4-10(8-11)13(9)16/h7-8,12,15H,2-6H2,1H3,(H,17,18). The summed E-state index contributed by atoms with van der Waals surface area (Å²) in [6, 6.07) is 3.55. The van der Waals surface area contributed by atoms with Crippen molar-refractivity contribution in [2.75, 3.05) is 25.0 Å². The molecule has 0 saturated heterocycles. The maximum absolute atomic E-state index is 11.2. The number of rotatable bonds is 3. The Balaban J connectivity index is 2.06. The molecule has 4 nitrogen and oxygen atoms in total. The summed E-state index contributed by atoms with van der Waals surface area (Å²) < 4.78 is 0. The van der Waals surface area contributed by atoms with Crippen LogP contribution in [0.25, 0.3) is 0 Å². The van der Waals surface area contributed by atoms with Crippen molar-refractivity contribution in [2.45, 2.75) is 25.3 Å². The van der Waals surface area contributed by atoms with Crippen LogP contribution in [0.4, 0.5) is 5.69 Å². The molecule has 2 N–H and O–H groups in total. The number of hydrogen-bond acceptors (Lipinski definition) is 3. The molecule has 4 heteroatoms. The monoisotopic (exact) mass is 246 g/mol. The lowest BCUT2D eigenvalue weighted by Crippen LogP contribution is -2.28. The maximum Gasteiger partial charge on any atom is 0.325 e. The summed E-state index contributed by atoms with van der Waals surface area (Å²) in [5.41, 5.74) is 4.92. The van der Waals surface area contributed by atoms with Crippen LogP contribution in [0.2, 0.25) is 0 Å². The van der Waals surface area contributed by atoms with Crippen LogP contribution in [-0.2, 0) is 17.6 Å². The number of carbonyl (C=O) groups is 1. The Hall–Kier alpha value is -1.55. The molecule has 18 heavy (non-hydrogen) atoms. The molecule has 96 valence electrons. The molecule has 2 heterocycles. The number of benzene rings is 1. The fourth-order valence-electron chi connectivity index (χ4n) is 3.22. The molecule has 0 aromatic heterocycles. The molecule has 2 aliphatic heterocycles. The molecule has 0 fully saturated rings. The predicted octanol–water partition coefficient (Wildman–Crippen LogP) is 1.34. The first-order valence-electron chi connectivity index (χ1n) is 6.51. The molecule has 0 aliphatic carbocycles. The summed E-state index contributed by atoms with van der Waals surface area (Å²) >= 11 is 0. The van der Waals surface area contributed by atoms with Gasteiger partial charge in [0.2, 0.25) is 0 Å². The zero-order valence-electron chi connectivity index (χ0n) is 10.6. The molecule has 0 bridgehead atoms. The van der Waals surface area contributed by atoms with Crippen molar-refractivity contribution in [3.63, 3.8) is 0 Å². The van der Waals surface area contributed by atoms with Crippen molar-refractivity contribution in [1.82, 2.24) is 5.32 Å². The molecule has 0 spiro atoms. The lowest BCUT2D eigenvalue weighted by Gasteiger charge is -2.28. The topological polar surface area (TPSA) is 52.6 Å². The second kappa shape index (κ2) is 4.28. The Morgan fingerprint density at radius 2 is 2.06 bits per heavy atom. The van der Waals surface area contributed by atoms with Crippen LogP contribution in [-0.4, -0.2) is 31.2 Å². The van der Waals surface area contributed by atoms with Gasteiger partial charge in [-0.15, -0.1) is 0 Å². The van der Waals surface area contributed by atoms with Crippen LogP contribution in [0.5, 0.6) is 0 Å². The van der Waals surface area contributed by atoms with Crippen molar-refractivity contribution >= 4 is 11.7 Å². The van der Waals surface area contributed by atoms with Gasteiger partial charge in [0.15, 0.2) is 0 Å². The number of nitrogens with zero attached hydrogens (tertiary/aromatic N) is 1. The number of likely N-dealkylation sites (N-methyl/N-ethyl adjacent to an activating group) is 1. The molecule has 0 saturated carbocycles. The van der Waals surface area contributed by atoms with Crippen LogP contribution in [0.3, 0.4) is 0 Å². The van der Waals surface area contributed by atoms with Gasteiger partial charge in [-0.25, -0.2) is 0 Å². The molecule has 1 atom stereocenters. The van der Waals surface area contributed by atoms with Crippen molar-refractivity contribution < 1.29 is 9.90 Å². The van der Waals surface area contributed by atoms with E-state index in [0.717, 1.165) is 31.5 Å². The van der Waals surface area contributed by atoms with Gasteiger partial charge >= 0.3 is 5.97 Å². The highest BCUT2D eigenvalue weighted by atomic mass is 16.4. The van der Waals surface area contributed by atoms with E-state index < -0.39 is 12.0 Å². The van der Waals surface area contributed by atoms with Crippen molar-refractivity contribution in [2.24, 2.45) is 0 Å². The normalized spacial score (nSPS) is 18.6. The van der Waals surface area contributed by atoms with E-state index in [1.54, 1.807) is 7.05 Å². The maximum atomic E-state index is 11.2. The highest BCUT2D eigenvalue weighted by Crippen LogP contribution is 2.37.